The molecule has 7 heteroatoms. The van der Waals surface area contributed by atoms with Gasteiger partial charge in [0, 0.05) is 25.9 Å². The molecule has 0 aromatic carbocycles. The van der Waals surface area contributed by atoms with Crippen LogP contribution >= 0.6 is 0 Å². The molecule has 0 aliphatic carbocycles. The van der Waals surface area contributed by atoms with Gasteiger partial charge >= 0.3 is 0 Å². The monoisotopic (exact) mass is 291 g/mol. The topological polar surface area (TPSA) is 80.1 Å². The van der Waals surface area contributed by atoms with E-state index in [2.05, 4.69) is 32.0 Å². The molecule has 1 aliphatic rings. The molecule has 3 rings (SSSR count). The molecule has 0 saturated carbocycles. The van der Waals surface area contributed by atoms with Crippen LogP contribution in [0.3, 0.4) is 0 Å². The maximum Gasteiger partial charge on any atom is 0.208 e. The second kappa shape index (κ2) is 6.36. The van der Waals surface area contributed by atoms with Gasteiger partial charge in [-0.05, 0) is 0 Å². The number of nitrogens with zero attached hydrogens (tertiary/aromatic N) is 4. The number of aryl methyl sites for hydroxylation is 2. The van der Waals surface area contributed by atoms with Gasteiger partial charge in [-0.25, -0.2) is 9.97 Å². The normalized spacial score (nSPS) is 20.0. The highest BCUT2D eigenvalue weighted by atomic mass is 16.5. The molecule has 0 spiro atoms. The first kappa shape index (κ1) is 14.2. The fourth-order valence-corrected chi connectivity index (χ4v) is 2.39. The molecule has 1 fully saturated rings. The van der Waals surface area contributed by atoms with Crippen LogP contribution in [0.15, 0.2) is 10.6 Å². The summed E-state index contributed by atoms with van der Waals surface area (Å²) >= 11 is 0. The Morgan fingerprint density at radius 3 is 3.00 bits per heavy atom. The van der Waals surface area contributed by atoms with Gasteiger partial charge in [0.15, 0.2) is 5.82 Å². The van der Waals surface area contributed by atoms with Gasteiger partial charge in [-0.15, -0.1) is 0 Å². The number of rotatable bonds is 5. The Balaban J connectivity index is 1.62. The summed E-state index contributed by atoms with van der Waals surface area (Å²) in [6.07, 6.45) is 3.43. The number of aromatic nitrogens is 4. The molecule has 1 aliphatic heterocycles. The predicted octanol–water partition coefficient (Wildman–Crippen LogP) is 1.49. The Bertz CT molecular complexity index is 579. The Morgan fingerprint density at radius 1 is 1.38 bits per heavy atom. The zero-order valence-electron chi connectivity index (χ0n) is 12.5. The van der Waals surface area contributed by atoms with Crippen LogP contribution in [0.4, 0.5) is 0 Å². The zero-order valence-corrected chi connectivity index (χ0v) is 12.5. The third-order valence-electron chi connectivity index (χ3n) is 3.63. The largest absolute Gasteiger partial charge is 0.444 e. The van der Waals surface area contributed by atoms with Gasteiger partial charge in [0.1, 0.15) is 17.7 Å². The molecule has 2 aromatic heterocycles. The first-order chi connectivity index (χ1) is 10.3. The van der Waals surface area contributed by atoms with Crippen molar-refractivity contribution in [1.82, 2.24) is 25.1 Å². The summed E-state index contributed by atoms with van der Waals surface area (Å²) in [6, 6.07) is 0. The molecule has 0 bridgehead atoms. The molecule has 0 unspecified atom stereocenters. The lowest BCUT2D eigenvalue weighted by molar-refractivity contribution is -0.0393. The summed E-state index contributed by atoms with van der Waals surface area (Å²) in [5.74, 6) is 3.32. The highest BCUT2D eigenvalue weighted by Crippen LogP contribution is 2.20. The number of oxazole rings is 1. The second-order valence-electron chi connectivity index (χ2n) is 5.16. The molecular weight excluding hydrogens is 270 g/mol. The van der Waals surface area contributed by atoms with Crippen molar-refractivity contribution in [2.75, 3.05) is 19.7 Å². The fourth-order valence-electron chi connectivity index (χ4n) is 2.39. The van der Waals surface area contributed by atoms with Crippen molar-refractivity contribution in [2.24, 2.45) is 0 Å². The molecular formula is C14H21N5O2. The van der Waals surface area contributed by atoms with Gasteiger partial charge in [-0.2, -0.15) is 5.10 Å². The second-order valence-corrected chi connectivity index (χ2v) is 5.16. The van der Waals surface area contributed by atoms with Crippen LogP contribution in [-0.2, 0) is 24.1 Å². The third kappa shape index (κ3) is 3.30. The molecule has 7 nitrogen and oxygen atoms in total. The van der Waals surface area contributed by atoms with Gasteiger partial charge < -0.3 is 9.15 Å². The lowest BCUT2D eigenvalue weighted by Crippen LogP contribution is -2.38. The van der Waals surface area contributed by atoms with Crippen LogP contribution in [0.1, 0.15) is 43.3 Å². The number of hydrogen-bond acceptors (Lipinski definition) is 6. The van der Waals surface area contributed by atoms with Crippen LogP contribution in [-0.4, -0.2) is 44.8 Å². The Labute approximate surface area is 123 Å². The summed E-state index contributed by atoms with van der Waals surface area (Å²) in [7, 11) is 0. The number of H-pyrrole nitrogens is 1. The highest BCUT2D eigenvalue weighted by molar-refractivity contribution is 4.98. The number of nitrogens with one attached hydrogen (secondary N) is 1. The first-order valence-electron chi connectivity index (χ1n) is 7.47. The van der Waals surface area contributed by atoms with Crippen molar-refractivity contribution in [1.29, 1.82) is 0 Å². The lowest BCUT2D eigenvalue weighted by atomic mass is 10.2. The molecule has 0 radical (unpaired) electrons. The summed E-state index contributed by atoms with van der Waals surface area (Å²) in [6.45, 7) is 7.10. The van der Waals surface area contributed by atoms with E-state index < -0.39 is 0 Å². The maximum absolute atomic E-state index is 5.78. The summed E-state index contributed by atoms with van der Waals surface area (Å²) in [4.78, 5) is 11.0. The van der Waals surface area contributed by atoms with Crippen LogP contribution in [0.2, 0.25) is 0 Å². The average Bonchev–Trinajstić information content (AvgIpc) is 3.16. The Kier molecular flexibility index (Phi) is 4.31. The smallest absolute Gasteiger partial charge is 0.208 e. The molecule has 2 aromatic rings. The van der Waals surface area contributed by atoms with E-state index in [0.29, 0.717) is 13.2 Å². The van der Waals surface area contributed by atoms with Gasteiger partial charge in [0.2, 0.25) is 5.89 Å². The van der Waals surface area contributed by atoms with E-state index in [1.54, 1.807) is 6.20 Å². The molecule has 21 heavy (non-hydrogen) atoms. The zero-order chi connectivity index (χ0) is 14.7. The minimum Gasteiger partial charge on any atom is -0.444 e. The molecule has 1 N–H and O–H groups in total. The number of aromatic amines is 1. The Hall–Kier alpha value is -1.73. The SMILES string of the molecule is CCc1nc([C@H]2CN(Cc3ncc(CC)o3)CCO2)n[nH]1. The highest BCUT2D eigenvalue weighted by Gasteiger charge is 2.26. The predicted molar refractivity (Wildman–Crippen MR) is 75.6 cm³/mol. The van der Waals surface area contributed by atoms with Gasteiger partial charge in [-0.1, -0.05) is 13.8 Å². The van der Waals surface area contributed by atoms with Crippen molar-refractivity contribution in [3.63, 3.8) is 0 Å². The van der Waals surface area contributed by atoms with Gasteiger partial charge in [0.05, 0.1) is 19.3 Å². The Morgan fingerprint density at radius 2 is 2.29 bits per heavy atom. The van der Waals surface area contributed by atoms with Crippen LogP contribution in [0, 0.1) is 0 Å². The number of morpholine rings is 1. The number of ether oxygens (including phenoxy) is 1. The lowest BCUT2D eigenvalue weighted by Gasteiger charge is -2.30. The van der Waals surface area contributed by atoms with Crippen molar-refractivity contribution in [3.05, 3.63) is 29.5 Å². The summed E-state index contributed by atoms with van der Waals surface area (Å²) < 4.78 is 11.4. The third-order valence-corrected chi connectivity index (χ3v) is 3.63. The van der Waals surface area contributed by atoms with Gasteiger partial charge in [0.25, 0.3) is 0 Å². The van der Waals surface area contributed by atoms with Crippen LogP contribution in [0.25, 0.3) is 0 Å². The van der Waals surface area contributed by atoms with Gasteiger partial charge in [-0.3, -0.25) is 10.00 Å². The minimum atomic E-state index is -0.0871. The van der Waals surface area contributed by atoms with E-state index in [-0.39, 0.29) is 6.10 Å². The van der Waals surface area contributed by atoms with E-state index >= 15 is 0 Å². The standard InChI is InChI=1S/C14H21N5O2/c1-3-10-7-15-13(21-10)9-19-5-6-20-11(8-19)14-16-12(4-2)17-18-14/h7,11H,3-6,8-9H2,1-2H3,(H,16,17,18)/t11-/m1/s1. The number of hydrogen-bond donors (Lipinski definition) is 1. The van der Waals surface area contributed by atoms with Crippen molar-refractivity contribution in [2.45, 2.75) is 39.3 Å². The minimum absolute atomic E-state index is 0.0871. The molecule has 0 amide bonds. The maximum atomic E-state index is 5.78. The average molecular weight is 291 g/mol. The van der Waals surface area contributed by atoms with Crippen molar-refractivity contribution >= 4 is 0 Å². The van der Waals surface area contributed by atoms with E-state index in [1.165, 1.54) is 0 Å². The summed E-state index contributed by atoms with van der Waals surface area (Å²) in [5.41, 5.74) is 0. The van der Waals surface area contributed by atoms with Crippen LogP contribution < -0.4 is 0 Å². The first-order valence-corrected chi connectivity index (χ1v) is 7.47. The molecule has 1 saturated heterocycles. The summed E-state index contributed by atoms with van der Waals surface area (Å²) in [5, 5.41) is 7.18. The fraction of sp³-hybridized carbons (Fsp3) is 0.643. The molecule has 3 heterocycles. The van der Waals surface area contributed by atoms with E-state index in [9.17, 15) is 0 Å². The van der Waals surface area contributed by atoms with E-state index in [1.807, 2.05) is 6.92 Å². The molecule has 114 valence electrons. The van der Waals surface area contributed by atoms with Crippen LogP contribution in [0.5, 0.6) is 0 Å². The van der Waals surface area contributed by atoms with Crippen molar-refractivity contribution in [3.8, 4) is 0 Å². The van der Waals surface area contributed by atoms with E-state index in [4.69, 9.17) is 9.15 Å². The van der Waals surface area contributed by atoms with E-state index in [0.717, 1.165) is 49.2 Å². The van der Waals surface area contributed by atoms with Crippen molar-refractivity contribution < 1.29 is 9.15 Å². The molecule has 1 atom stereocenters. The quantitative estimate of drug-likeness (QED) is 0.899.